The van der Waals surface area contributed by atoms with Gasteiger partial charge < -0.3 is 0 Å². The monoisotopic (exact) mass is 405 g/mol. The Hall–Kier alpha value is -2.94. The number of benzene rings is 2. The van der Waals surface area contributed by atoms with E-state index in [1.165, 1.54) is 11.3 Å². The van der Waals surface area contributed by atoms with Crippen LogP contribution in [0.5, 0.6) is 0 Å². The van der Waals surface area contributed by atoms with Gasteiger partial charge in [0.05, 0.1) is 23.6 Å². The Morgan fingerprint density at radius 1 is 1.21 bits per heavy atom. The molecule has 0 N–H and O–H groups in total. The van der Waals surface area contributed by atoms with Crippen molar-refractivity contribution in [1.29, 1.82) is 5.26 Å². The van der Waals surface area contributed by atoms with Gasteiger partial charge in [0.15, 0.2) is 0 Å². The number of rotatable bonds is 4. The van der Waals surface area contributed by atoms with Crippen molar-refractivity contribution in [3.8, 4) is 17.2 Å². The molecule has 0 aliphatic heterocycles. The molecule has 0 aliphatic rings. The number of halogens is 1. The zero-order chi connectivity index (χ0) is 19.7. The molecule has 2 aromatic heterocycles. The van der Waals surface area contributed by atoms with E-state index in [1.54, 1.807) is 10.6 Å². The van der Waals surface area contributed by atoms with Crippen molar-refractivity contribution in [2.75, 3.05) is 0 Å². The highest BCUT2D eigenvalue weighted by molar-refractivity contribution is 7.17. The van der Waals surface area contributed by atoms with Gasteiger partial charge in [-0.3, -0.25) is 9.36 Å². The smallest absolute Gasteiger partial charge is 0.263 e. The lowest BCUT2D eigenvalue weighted by Crippen LogP contribution is -2.25. The molecule has 2 aromatic carbocycles. The van der Waals surface area contributed by atoms with Crippen molar-refractivity contribution in [3.63, 3.8) is 0 Å². The number of nitrogens with zero attached hydrogens (tertiary/aromatic N) is 3. The Bertz CT molecular complexity index is 1270. The minimum atomic E-state index is -0.0598. The van der Waals surface area contributed by atoms with E-state index in [0.717, 1.165) is 27.3 Å². The third kappa shape index (κ3) is 3.33. The minimum absolute atomic E-state index is 0.0598. The lowest BCUT2D eigenvalue weighted by atomic mass is 10.1. The van der Waals surface area contributed by atoms with Gasteiger partial charge in [-0.1, -0.05) is 42.8 Å². The highest BCUT2D eigenvalue weighted by atomic mass is 35.5. The van der Waals surface area contributed by atoms with E-state index < -0.39 is 0 Å². The van der Waals surface area contributed by atoms with Crippen molar-refractivity contribution in [2.24, 2.45) is 0 Å². The summed E-state index contributed by atoms with van der Waals surface area (Å²) in [5.41, 5.74) is 3.24. The first-order valence-corrected chi connectivity index (χ1v) is 10.1. The fourth-order valence-corrected chi connectivity index (χ4v) is 4.35. The second-order valence-electron chi connectivity index (χ2n) is 6.42. The fraction of sp³-hybridized carbons (Fsp3) is 0.136. The summed E-state index contributed by atoms with van der Waals surface area (Å²) in [4.78, 5) is 18.9. The van der Waals surface area contributed by atoms with Crippen LogP contribution < -0.4 is 5.56 Å². The Morgan fingerprint density at radius 3 is 2.71 bits per heavy atom. The van der Waals surface area contributed by atoms with Crippen LogP contribution in [0, 0.1) is 11.3 Å². The molecule has 28 heavy (non-hydrogen) atoms. The standard InChI is InChI=1S/C22H16ClN3OS/c1-2-19-25-21-20(18(13-28-21)16-6-8-17(23)9-7-16)22(27)26(19)12-15-5-3-4-14(10-15)11-24/h3-10,13H,2,12H2,1H3. The second kappa shape index (κ2) is 7.59. The van der Waals surface area contributed by atoms with Gasteiger partial charge in [0, 0.05) is 22.4 Å². The van der Waals surface area contributed by atoms with Crippen LogP contribution in [0.2, 0.25) is 5.02 Å². The molecule has 0 saturated heterocycles. The maximum Gasteiger partial charge on any atom is 0.263 e. The van der Waals surface area contributed by atoms with Gasteiger partial charge in [-0.2, -0.15) is 5.26 Å². The first kappa shape index (κ1) is 18.4. The zero-order valence-electron chi connectivity index (χ0n) is 15.1. The predicted octanol–water partition coefficient (Wildman–Crippen LogP) is 5.26. The van der Waals surface area contributed by atoms with Crippen LogP contribution in [0.25, 0.3) is 21.3 Å². The van der Waals surface area contributed by atoms with Gasteiger partial charge in [0.1, 0.15) is 10.7 Å². The molecule has 2 heterocycles. The average Bonchev–Trinajstić information content (AvgIpc) is 3.15. The molecule has 4 nitrogen and oxygen atoms in total. The summed E-state index contributed by atoms with van der Waals surface area (Å²) in [5.74, 6) is 0.740. The summed E-state index contributed by atoms with van der Waals surface area (Å²) in [6, 6.07) is 16.9. The predicted molar refractivity (Wildman–Crippen MR) is 114 cm³/mol. The molecule has 4 aromatic rings. The van der Waals surface area contributed by atoms with Gasteiger partial charge in [-0.15, -0.1) is 11.3 Å². The molecule has 0 bridgehead atoms. The van der Waals surface area contributed by atoms with E-state index in [9.17, 15) is 4.79 Å². The van der Waals surface area contributed by atoms with Crippen LogP contribution in [0.1, 0.15) is 23.9 Å². The molecular weight excluding hydrogens is 390 g/mol. The molecule has 0 atom stereocenters. The van der Waals surface area contributed by atoms with Gasteiger partial charge in [0.2, 0.25) is 0 Å². The van der Waals surface area contributed by atoms with Crippen LogP contribution in [0.3, 0.4) is 0 Å². The van der Waals surface area contributed by atoms with E-state index in [2.05, 4.69) is 6.07 Å². The molecule has 0 saturated carbocycles. The van der Waals surface area contributed by atoms with Gasteiger partial charge in [-0.25, -0.2) is 4.98 Å². The lowest BCUT2D eigenvalue weighted by molar-refractivity contribution is 0.687. The van der Waals surface area contributed by atoms with Crippen molar-refractivity contribution in [3.05, 3.63) is 86.2 Å². The summed E-state index contributed by atoms with van der Waals surface area (Å²) in [5, 5.41) is 12.4. The van der Waals surface area contributed by atoms with E-state index >= 15 is 0 Å². The molecular formula is C22H16ClN3OS. The summed E-state index contributed by atoms with van der Waals surface area (Å²) in [6.45, 7) is 2.37. The Morgan fingerprint density at radius 2 is 2.00 bits per heavy atom. The van der Waals surface area contributed by atoms with Crippen molar-refractivity contribution < 1.29 is 0 Å². The van der Waals surface area contributed by atoms with E-state index in [0.29, 0.717) is 28.9 Å². The summed E-state index contributed by atoms with van der Waals surface area (Å²) in [6.07, 6.45) is 0.650. The largest absolute Gasteiger partial charge is 0.292 e. The number of hydrogen-bond donors (Lipinski definition) is 0. The number of hydrogen-bond acceptors (Lipinski definition) is 4. The maximum absolute atomic E-state index is 13.4. The van der Waals surface area contributed by atoms with E-state index in [1.807, 2.05) is 54.8 Å². The van der Waals surface area contributed by atoms with Crippen LogP contribution in [-0.2, 0) is 13.0 Å². The van der Waals surface area contributed by atoms with Crippen LogP contribution in [0.4, 0.5) is 0 Å². The molecule has 0 aliphatic carbocycles. The van der Waals surface area contributed by atoms with Crippen LogP contribution >= 0.6 is 22.9 Å². The fourth-order valence-electron chi connectivity index (χ4n) is 3.26. The van der Waals surface area contributed by atoms with Crippen LogP contribution in [0.15, 0.2) is 58.7 Å². The van der Waals surface area contributed by atoms with E-state index in [-0.39, 0.29) is 5.56 Å². The summed E-state index contributed by atoms with van der Waals surface area (Å²) < 4.78 is 1.71. The number of fused-ring (bicyclic) bond motifs is 1. The Labute approximate surface area is 171 Å². The normalized spacial score (nSPS) is 10.9. The van der Waals surface area contributed by atoms with Crippen molar-refractivity contribution in [1.82, 2.24) is 9.55 Å². The lowest BCUT2D eigenvalue weighted by Gasteiger charge is -2.12. The molecule has 0 fully saturated rings. The zero-order valence-corrected chi connectivity index (χ0v) is 16.7. The number of thiophene rings is 1. The van der Waals surface area contributed by atoms with Crippen LogP contribution in [-0.4, -0.2) is 9.55 Å². The molecule has 4 rings (SSSR count). The van der Waals surface area contributed by atoms with E-state index in [4.69, 9.17) is 21.8 Å². The topological polar surface area (TPSA) is 58.7 Å². The van der Waals surface area contributed by atoms with Crippen molar-refractivity contribution in [2.45, 2.75) is 19.9 Å². The average molecular weight is 406 g/mol. The Kier molecular flexibility index (Phi) is 4.99. The third-order valence-electron chi connectivity index (χ3n) is 4.64. The number of aromatic nitrogens is 2. The van der Waals surface area contributed by atoms with Gasteiger partial charge >= 0.3 is 0 Å². The molecule has 0 spiro atoms. The SMILES string of the molecule is CCc1nc2scc(-c3ccc(Cl)cc3)c2c(=O)n1Cc1cccc(C#N)c1. The molecule has 138 valence electrons. The number of aryl methyl sites for hydroxylation is 1. The quantitative estimate of drug-likeness (QED) is 0.465. The molecule has 0 amide bonds. The minimum Gasteiger partial charge on any atom is -0.292 e. The summed E-state index contributed by atoms with van der Waals surface area (Å²) >= 11 is 7.48. The van der Waals surface area contributed by atoms with Gasteiger partial charge in [0.25, 0.3) is 5.56 Å². The first-order valence-electron chi connectivity index (χ1n) is 8.86. The molecule has 0 unspecified atom stereocenters. The van der Waals surface area contributed by atoms with Crippen molar-refractivity contribution >= 4 is 33.2 Å². The highest BCUT2D eigenvalue weighted by Crippen LogP contribution is 2.31. The third-order valence-corrected chi connectivity index (χ3v) is 5.77. The molecule has 6 heteroatoms. The number of nitriles is 1. The Balaban J connectivity index is 1.89. The highest BCUT2D eigenvalue weighted by Gasteiger charge is 2.16. The second-order valence-corrected chi connectivity index (χ2v) is 7.72. The molecule has 0 radical (unpaired) electrons. The summed E-state index contributed by atoms with van der Waals surface area (Å²) in [7, 11) is 0. The van der Waals surface area contributed by atoms with Gasteiger partial charge in [-0.05, 0) is 35.4 Å². The maximum atomic E-state index is 13.4. The first-order chi connectivity index (χ1) is 13.6.